The number of nitrogens with one attached hydrogen (secondary N) is 1. The number of carbonyl (C=O) groups excluding carboxylic acids is 1. The van der Waals surface area contributed by atoms with E-state index in [0.717, 1.165) is 25.2 Å². The molecule has 1 N–H and O–H groups in total. The molecule has 1 aliphatic rings. The van der Waals surface area contributed by atoms with Gasteiger partial charge in [0.05, 0.1) is 29.7 Å². The number of para-hydroxylation sites is 2. The zero-order valence-corrected chi connectivity index (χ0v) is 15.9. The molecule has 0 atom stereocenters. The molecule has 0 aliphatic carbocycles. The average molecular weight is 373 g/mol. The van der Waals surface area contributed by atoms with Crippen LogP contribution in [0.5, 0.6) is 5.75 Å². The lowest BCUT2D eigenvalue weighted by atomic mass is 9.99. The quantitative estimate of drug-likeness (QED) is 0.725. The van der Waals surface area contributed by atoms with Gasteiger partial charge in [0, 0.05) is 19.3 Å². The topological polar surface area (TPSA) is 54.5 Å². The summed E-state index contributed by atoms with van der Waals surface area (Å²) < 4.78 is 5.59. The molecule has 1 amide bonds. The Bertz CT molecular complexity index is 987. The van der Waals surface area contributed by atoms with Gasteiger partial charge in [-0.25, -0.2) is 0 Å². The van der Waals surface area contributed by atoms with Gasteiger partial charge < -0.3 is 15.0 Å². The molecular weight excluding hydrogens is 350 g/mol. The Morgan fingerprint density at radius 3 is 2.75 bits per heavy atom. The maximum atomic E-state index is 12.8. The molecule has 0 radical (unpaired) electrons. The van der Waals surface area contributed by atoms with Crippen molar-refractivity contribution in [3.05, 3.63) is 83.7 Å². The van der Waals surface area contributed by atoms with Gasteiger partial charge in [-0.1, -0.05) is 36.4 Å². The van der Waals surface area contributed by atoms with Crippen molar-refractivity contribution in [3.63, 3.8) is 0 Å². The molecule has 4 rings (SSSR count). The van der Waals surface area contributed by atoms with Gasteiger partial charge in [0.2, 0.25) is 0 Å². The predicted octanol–water partition coefficient (Wildman–Crippen LogP) is 4.30. The van der Waals surface area contributed by atoms with Crippen LogP contribution < -0.4 is 15.0 Å². The molecule has 5 nitrogen and oxygen atoms in total. The molecule has 3 aromatic rings. The van der Waals surface area contributed by atoms with Crippen molar-refractivity contribution in [1.29, 1.82) is 0 Å². The van der Waals surface area contributed by atoms with Gasteiger partial charge in [0.25, 0.3) is 5.91 Å². The Morgan fingerprint density at radius 2 is 1.89 bits per heavy atom. The summed E-state index contributed by atoms with van der Waals surface area (Å²) in [6.45, 7) is 4.20. The monoisotopic (exact) mass is 373 g/mol. The molecule has 0 saturated heterocycles. The number of amides is 1. The first kappa shape index (κ1) is 18.0. The van der Waals surface area contributed by atoms with E-state index in [1.807, 2.05) is 43.5 Å². The number of aromatic nitrogens is 1. The largest absolute Gasteiger partial charge is 0.492 e. The molecule has 0 unspecified atom stereocenters. The molecule has 142 valence electrons. The maximum Gasteiger partial charge on any atom is 0.257 e. The van der Waals surface area contributed by atoms with Crippen molar-refractivity contribution in [1.82, 2.24) is 4.98 Å². The van der Waals surface area contributed by atoms with Crippen molar-refractivity contribution in [3.8, 4) is 5.75 Å². The second-order valence-electron chi connectivity index (χ2n) is 6.76. The van der Waals surface area contributed by atoms with Gasteiger partial charge in [0.1, 0.15) is 5.75 Å². The number of hydrogen-bond donors (Lipinski definition) is 1. The molecule has 1 aromatic heterocycles. The zero-order valence-electron chi connectivity index (χ0n) is 15.9. The fourth-order valence-electron chi connectivity index (χ4n) is 3.49. The molecule has 28 heavy (non-hydrogen) atoms. The first-order valence-corrected chi connectivity index (χ1v) is 9.54. The van der Waals surface area contributed by atoms with E-state index in [-0.39, 0.29) is 5.91 Å². The number of fused-ring (bicyclic) bond motifs is 1. The minimum Gasteiger partial charge on any atom is -0.492 e. The molecular formula is C23H23N3O2. The van der Waals surface area contributed by atoms with Gasteiger partial charge in [0.15, 0.2) is 0 Å². The second-order valence-corrected chi connectivity index (χ2v) is 6.76. The minimum absolute atomic E-state index is 0.195. The second kappa shape index (κ2) is 8.13. The number of pyridine rings is 1. The fraction of sp³-hybridized carbons (Fsp3) is 0.217. The SMILES string of the molecule is CCOc1ccccc1NC(=O)c1cncc(N2CCc3ccccc3C2)c1. The molecule has 0 fully saturated rings. The highest BCUT2D eigenvalue weighted by Gasteiger charge is 2.18. The summed E-state index contributed by atoms with van der Waals surface area (Å²) in [6.07, 6.45) is 4.41. The van der Waals surface area contributed by atoms with Crippen LogP contribution in [0, 0.1) is 0 Å². The molecule has 2 heterocycles. The van der Waals surface area contributed by atoms with Crippen LogP contribution in [-0.2, 0) is 13.0 Å². The van der Waals surface area contributed by atoms with Crippen LogP contribution in [0.15, 0.2) is 67.0 Å². The smallest absolute Gasteiger partial charge is 0.257 e. The van der Waals surface area contributed by atoms with Crippen LogP contribution in [-0.4, -0.2) is 24.0 Å². The van der Waals surface area contributed by atoms with Crippen molar-refractivity contribution >= 4 is 17.3 Å². The molecule has 1 aliphatic heterocycles. The summed E-state index contributed by atoms with van der Waals surface area (Å²) in [6, 6.07) is 17.8. The third-order valence-electron chi connectivity index (χ3n) is 4.92. The maximum absolute atomic E-state index is 12.8. The van der Waals surface area contributed by atoms with E-state index >= 15 is 0 Å². The normalized spacial score (nSPS) is 13.0. The fourth-order valence-corrected chi connectivity index (χ4v) is 3.49. The van der Waals surface area contributed by atoms with Gasteiger partial charge >= 0.3 is 0 Å². The summed E-state index contributed by atoms with van der Waals surface area (Å²) in [5.41, 5.74) is 4.87. The lowest BCUT2D eigenvalue weighted by Gasteiger charge is -2.30. The number of rotatable bonds is 5. The Morgan fingerprint density at radius 1 is 1.11 bits per heavy atom. The standard InChI is InChI=1S/C23H23N3O2/c1-2-28-22-10-6-5-9-21(22)25-23(27)19-13-20(15-24-14-19)26-12-11-17-7-3-4-8-18(17)16-26/h3-10,13-15H,2,11-12,16H2,1H3,(H,25,27). The Labute approximate surface area is 165 Å². The molecule has 0 saturated carbocycles. The summed E-state index contributed by atoms with van der Waals surface area (Å²) in [5, 5.41) is 2.93. The van der Waals surface area contributed by atoms with Crippen LogP contribution in [0.3, 0.4) is 0 Å². The first-order valence-electron chi connectivity index (χ1n) is 9.54. The van der Waals surface area contributed by atoms with Gasteiger partial charge in [-0.05, 0) is 42.7 Å². The summed E-state index contributed by atoms with van der Waals surface area (Å²) >= 11 is 0. The lowest BCUT2D eigenvalue weighted by Crippen LogP contribution is -2.30. The highest BCUT2D eigenvalue weighted by atomic mass is 16.5. The van der Waals surface area contributed by atoms with E-state index in [9.17, 15) is 4.79 Å². The third kappa shape index (κ3) is 3.83. The zero-order chi connectivity index (χ0) is 19.3. The minimum atomic E-state index is -0.195. The van der Waals surface area contributed by atoms with Crippen LogP contribution >= 0.6 is 0 Å². The number of nitrogens with zero attached hydrogens (tertiary/aromatic N) is 2. The predicted molar refractivity (Wildman–Crippen MR) is 111 cm³/mol. The number of carbonyl (C=O) groups is 1. The van der Waals surface area contributed by atoms with E-state index in [1.165, 1.54) is 11.1 Å². The average Bonchev–Trinajstić information content (AvgIpc) is 2.75. The summed E-state index contributed by atoms with van der Waals surface area (Å²) in [5.74, 6) is 0.467. The van der Waals surface area contributed by atoms with Gasteiger partial charge in [-0.3, -0.25) is 9.78 Å². The van der Waals surface area contributed by atoms with Crippen LogP contribution in [0.2, 0.25) is 0 Å². The van der Waals surface area contributed by atoms with Crippen molar-refractivity contribution in [2.45, 2.75) is 19.9 Å². The van der Waals surface area contributed by atoms with E-state index < -0.39 is 0 Å². The third-order valence-corrected chi connectivity index (χ3v) is 4.92. The molecule has 0 bridgehead atoms. The van der Waals surface area contributed by atoms with Gasteiger partial charge in [-0.15, -0.1) is 0 Å². The number of benzene rings is 2. The first-order chi connectivity index (χ1) is 13.7. The Hall–Kier alpha value is -3.34. The Kier molecular flexibility index (Phi) is 5.24. The van der Waals surface area contributed by atoms with E-state index in [0.29, 0.717) is 23.6 Å². The number of anilines is 2. The van der Waals surface area contributed by atoms with Crippen LogP contribution in [0.1, 0.15) is 28.4 Å². The van der Waals surface area contributed by atoms with Gasteiger partial charge in [-0.2, -0.15) is 0 Å². The number of hydrogen-bond acceptors (Lipinski definition) is 4. The van der Waals surface area contributed by atoms with E-state index in [4.69, 9.17) is 4.74 Å². The summed E-state index contributed by atoms with van der Waals surface area (Å²) in [4.78, 5) is 19.3. The lowest BCUT2D eigenvalue weighted by molar-refractivity contribution is 0.102. The van der Waals surface area contributed by atoms with Crippen molar-refractivity contribution in [2.24, 2.45) is 0 Å². The Balaban J connectivity index is 1.52. The summed E-state index contributed by atoms with van der Waals surface area (Å²) in [7, 11) is 0. The van der Waals surface area contributed by atoms with Crippen LogP contribution in [0.4, 0.5) is 11.4 Å². The highest BCUT2D eigenvalue weighted by molar-refractivity contribution is 6.05. The molecule has 2 aromatic carbocycles. The van der Waals surface area contributed by atoms with Crippen LogP contribution in [0.25, 0.3) is 0 Å². The molecule has 0 spiro atoms. The molecule has 5 heteroatoms. The highest BCUT2D eigenvalue weighted by Crippen LogP contribution is 2.26. The van der Waals surface area contributed by atoms with Crippen molar-refractivity contribution in [2.75, 3.05) is 23.4 Å². The number of ether oxygens (including phenoxy) is 1. The van der Waals surface area contributed by atoms with E-state index in [1.54, 1.807) is 6.20 Å². The van der Waals surface area contributed by atoms with Crippen molar-refractivity contribution < 1.29 is 9.53 Å². The van der Waals surface area contributed by atoms with E-state index in [2.05, 4.69) is 39.5 Å².